The number of amides is 1. The van der Waals surface area contributed by atoms with Crippen LogP contribution in [0, 0.1) is 12.8 Å². The van der Waals surface area contributed by atoms with Gasteiger partial charge in [0.25, 0.3) is 11.7 Å². The van der Waals surface area contributed by atoms with Gasteiger partial charge in [-0.25, -0.2) is 0 Å². The molecule has 0 saturated carbocycles. The number of hydrogen-bond acceptors (Lipinski definition) is 7. The molecular formula is C28H35NO7. The number of Topliss-reactive ketones (excluding diaryl/α,β-unsaturated/α-hetero) is 1. The maximum atomic E-state index is 13.2. The van der Waals surface area contributed by atoms with E-state index in [-0.39, 0.29) is 24.5 Å². The van der Waals surface area contributed by atoms with Crippen molar-refractivity contribution in [1.29, 1.82) is 0 Å². The topological polar surface area (TPSA) is 94.5 Å². The normalized spacial score (nSPS) is 17.1. The van der Waals surface area contributed by atoms with Crippen LogP contribution in [-0.4, -0.2) is 62.3 Å². The Morgan fingerprint density at radius 3 is 2.36 bits per heavy atom. The lowest BCUT2D eigenvalue weighted by atomic mass is 9.94. The molecule has 1 N–H and O–H groups in total. The van der Waals surface area contributed by atoms with Crippen molar-refractivity contribution in [2.45, 2.75) is 33.7 Å². The standard InChI is InChI=1S/C28H35NO7/c1-7-35-22-11-8-19(15-23(22)34-6)25-24(27(31)28(32)29(25)12-13-33-5)26(30)20-9-10-21(18(4)14-20)36-16-17(2)3/h8-11,14-15,17,25,30H,7,12-13,16H2,1-6H3. The first-order valence-electron chi connectivity index (χ1n) is 12.0. The largest absolute Gasteiger partial charge is 0.507 e. The summed E-state index contributed by atoms with van der Waals surface area (Å²) in [6.45, 7) is 9.31. The second-order valence-electron chi connectivity index (χ2n) is 9.01. The SMILES string of the molecule is CCOc1ccc(C2C(=C(O)c3ccc(OCC(C)C)c(C)c3)C(=O)C(=O)N2CCOC)cc1OC. The second kappa shape index (κ2) is 11.9. The molecule has 36 heavy (non-hydrogen) atoms. The van der Waals surface area contributed by atoms with Crippen LogP contribution < -0.4 is 14.2 Å². The number of methoxy groups -OCH3 is 2. The molecule has 194 valence electrons. The van der Waals surface area contributed by atoms with Crippen molar-refractivity contribution in [3.8, 4) is 17.2 Å². The Morgan fingerprint density at radius 2 is 1.75 bits per heavy atom. The molecule has 0 aromatic heterocycles. The Bertz CT molecular complexity index is 1140. The average molecular weight is 498 g/mol. The van der Waals surface area contributed by atoms with E-state index in [2.05, 4.69) is 13.8 Å². The van der Waals surface area contributed by atoms with Gasteiger partial charge < -0.3 is 29.0 Å². The Hall–Kier alpha value is -3.52. The molecule has 2 aromatic carbocycles. The molecule has 0 radical (unpaired) electrons. The van der Waals surface area contributed by atoms with E-state index in [0.29, 0.717) is 47.5 Å². The smallest absolute Gasteiger partial charge is 0.295 e. The summed E-state index contributed by atoms with van der Waals surface area (Å²) < 4.78 is 22.1. The van der Waals surface area contributed by atoms with Crippen LogP contribution in [0.15, 0.2) is 42.0 Å². The zero-order valence-electron chi connectivity index (χ0n) is 21.8. The van der Waals surface area contributed by atoms with Gasteiger partial charge in [0.1, 0.15) is 11.5 Å². The Morgan fingerprint density at radius 1 is 1.03 bits per heavy atom. The van der Waals surface area contributed by atoms with Crippen LogP contribution in [0.3, 0.4) is 0 Å². The first kappa shape index (κ1) is 27.1. The number of carbonyl (C=O) groups excluding carboxylic acids is 2. The maximum Gasteiger partial charge on any atom is 0.295 e. The fraction of sp³-hybridized carbons (Fsp3) is 0.429. The molecule has 2 aromatic rings. The van der Waals surface area contributed by atoms with Crippen molar-refractivity contribution in [2.75, 3.05) is 40.6 Å². The van der Waals surface area contributed by atoms with Crippen molar-refractivity contribution < 1.29 is 33.6 Å². The molecule has 0 aliphatic carbocycles. The van der Waals surface area contributed by atoms with Crippen LogP contribution in [0.4, 0.5) is 0 Å². The minimum Gasteiger partial charge on any atom is -0.507 e. The first-order valence-corrected chi connectivity index (χ1v) is 12.0. The highest BCUT2D eigenvalue weighted by Gasteiger charge is 2.46. The molecule has 8 heteroatoms. The number of benzene rings is 2. The second-order valence-corrected chi connectivity index (χ2v) is 9.01. The van der Waals surface area contributed by atoms with E-state index in [9.17, 15) is 14.7 Å². The number of hydrogen-bond donors (Lipinski definition) is 1. The highest BCUT2D eigenvalue weighted by atomic mass is 16.5. The zero-order chi connectivity index (χ0) is 26.4. The minimum atomic E-state index is -0.818. The molecule has 1 atom stereocenters. The molecule has 1 unspecified atom stereocenters. The molecule has 3 rings (SSSR count). The van der Waals surface area contributed by atoms with Crippen LogP contribution in [0.1, 0.15) is 43.5 Å². The lowest BCUT2D eigenvalue weighted by Gasteiger charge is -2.25. The fourth-order valence-electron chi connectivity index (χ4n) is 4.15. The van der Waals surface area contributed by atoms with E-state index < -0.39 is 17.7 Å². The van der Waals surface area contributed by atoms with E-state index in [0.717, 1.165) is 5.56 Å². The lowest BCUT2D eigenvalue weighted by Crippen LogP contribution is -2.32. The van der Waals surface area contributed by atoms with Crippen LogP contribution in [0.2, 0.25) is 0 Å². The van der Waals surface area contributed by atoms with E-state index in [1.807, 2.05) is 13.8 Å². The molecule has 1 heterocycles. The van der Waals surface area contributed by atoms with Gasteiger partial charge in [0.2, 0.25) is 0 Å². The number of aryl methyl sites for hydroxylation is 1. The number of ether oxygens (including phenoxy) is 4. The number of ketones is 1. The third-order valence-electron chi connectivity index (χ3n) is 5.90. The molecule has 1 aliphatic rings. The van der Waals surface area contributed by atoms with Gasteiger partial charge in [0, 0.05) is 19.2 Å². The third-order valence-corrected chi connectivity index (χ3v) is 5.90. The summed E-state index contributed by atoms with van der Waals surface area (Å²) in [5.41, 5.74) is 1.86. The predicted molar refractivity (Wildman–Crippen MR) is 137 cm³/mol. The van der Waals surface area contributed by atoms with Gasteiger partial charge in [-0.1, -0.05) is 19.9 Å². The van der Waals surface area contributed by atoms with Gasteiger partial charge in [-0.2, -0.15) is 0 Å². The number of nitrogens with zero attached hydrogens (tertiary/aromatic N) is 1. The summed E-state index contributed by atoms with van der Waals surface area (Å²) in [4.78, 5) is 27.7. The molecule has 1 aliphatic heterocycles. The van der Waals surface area contributed by atoms with Crippen LogP contribution in [-0.2, 0) is 14.3 Å². The van der Waals surface area contributed by atoms with E-state index in [1.54, 1.807) is 36.4 Å². The summed E-state index contributed by atoms with van der Waals surface area (Å²) in [5, 5.41) is 11.3. The minimum absolute atomic E-state index is 0.0116. The predicted octanol–water partition coefficient (Wildman–Crippen LogP) is 4.51. The molecule has 0 bridgehead atoms. The van der Waals surface area contributed by atoms with Crippen LogP contribution in [0.25, 0.3) is 5.76 Å². The summed E-state index contributed by atoms with van der Waals surface area (Å²) >= 11 is 0. The molecule has 0 spiro atoms. The maximum absolute atomic E-state index is 13.2. The Kier molecular flexibility index (Phi) is 8.98. The van der Waals surface area contributed by atoms with Gasteiger partial charge in [-0.3, -0.25) is 9.59 Å². The van der Waals surface area contributed by atoms with Crippen molar-refractivity contribution in [3.63, 3.8) is 0 Å². The lowest BCUT2D eigenvalue weighted by molar-refractivity contribution is -0.140. The van der Waals surface area contributed by atoms with E-state index >= 15 is 0 Å². The van der Waals surface area contributed by atoms with Gasteiger partial charge in [-0.05, 0) is 61.2 Å². The molecule has 8 nitrogen and oxygen atoms in total. The van der Waals surface area contributed by atoms with Gasteiger partial charge >= 0.3 is 0 Å². The summed E-state index contributed by atoms with van der Waals surface area (Å²) in [7, 11) is 3.05. The summed E-state index contributed by atoms with van der Waals surface area (Å²) in [5.74, 6) is 0.392. The van der Waals surface area contributed by atoms with Crippen LogP contribution >= 0.6 is 0 Å². The Labute approximate surface area is 212 Å². The van der Waals surface area contributed by atoms with Gasteiger partial charge in [0.05, 0.1) is 38.5 Å². The first-order chi connectivity index (χ1) is 17.2. The van der Waals surface area contributed by atoms with Crippen molar-refractivity contribution in [1.82, 2.24) is 4.90 Å². The average Bonchev–Trinajstić information content (AvgIpc) is 3.11. The molecule has 1 amide bonds. The van der Waals surface area contributed by atoms with Crippen molar-refractivity contribution >= 4 is 17.4 Å². The fourth-order valence-corrected chi connectivity index (χ4v) is 4.15. The van der Waals surface area contributed by atoms with Gasteiger partial charge in [0.15, 0.2) is 11.5 Å². The van der Waals surface area contributed by atoms with E-state index in [4.69, 9.17) is 18.9 Å². The quantitative estimate of drug-likeness (QED) is 0.277. The third kappa shape index (κ3) is 5.65. The van der Waals surface area contributed by atoms with Crippen molar-refractivity contribution in [2.24, 2.45) is 5.92 Å². The highest BCUT2D eigenvalue weighted by Crippen LogP contribution is 2.42. The van der Waals surface area contributed by atoms with Crippen LogP contribution in [0.5, 0.6) is 17.2 Å². The zero-order valence-corrected chi connectivity index (χ0v) is 21.8. The van der Waals surface area contributed by atoms with E-state index in [1.165, 1.54) is 19.1 Å². The number of rotatable bonds is 11. The van der Waals surface area contributed by atoms with Crippen molar-refractivity contribution in [3.05, 3.63) is 58.7 Å². The monoisotopic (exact) mass is 497 g/mol. The molecule has 1 saturated heterocycles. The molecular weight excluding hydrogens is 462 g/mol. The summed E-state index contributed by atoms with van der Waals surface area (Å²) in [6, 6.07) is 9.62. The number of likely N-dealkylation sites (tertiary alicyclic amines) is 1. The van der Waals surface area contributed by atoms with Gasteiger partial charge in [-0.15, -0.1) is 0 Å². The number of carbonyl (C=O) groups is 2. The number of aliphatic hydroxyl groups excluding tert-OH is 1. The molecule has 1 fully saturated rings. The number of aliphatic hydroxyl groups is 1. The Balaban J connectivity index is 2.11. The highest BCUT2D eigenvalue weighted by molar-refractivity contribution is 6.46. The summed E-state index contributed by atoms with van der Waals surface area (Å²) in [6.07, 6.45) is 0.